The van der Waals surface area contributed by atoms with Gasteiger partial charge < -0.3 is 15.2 Å². The molecule has 3 N–H and O–H groups in total. The summed E-state index contributed by atoms with van der Waals surface area (Å²) < 4.78 is 5.48. The predicted octanol–water partition coefficient (Wildman–Crippen LogP) is 3.61. The molecule has 0 bridgehead atoms. The number of fused-ring (bicyclic) bond motifs is 3. The standard InChI is InChI=1S/C24H28N2O6/c1-16(23(28)29)32-26-22(27)13-3-2-8-14-25-24(30)31-15-21-19-11-6-4-9-17(19)18-10-5-7-12-20(18)21/h4-7,9-12,16,21H,2-3,8,13-15H2,1H3,(H,25,30)(H,26,27)(H,28,29). The highest BCUT2D eigenvalue weighted by Gasteiger charge is 2.28. The number of amides is 2. The lowest BCUT2D eigenvalue weighted by Gasteiger charge is -2.14. The Morgan fingerprint density at radius 1 is 0.969 bits per heavy atom. The number of hydrogen-bond donors (Lipinski definition) is 3. The van der Waals surface area contributed by atoms with Crippen LogP contribution >= 0.6 is 0 Å². The lowest BCUT2D eigenvalue weighted by molar-refractivity contribution is -0.158. The molecule has 170 valence electrons. The molecule has 0 radical (unpaired) electrons. The van der Waals surface area contributed by atoms with Gasteiger partial charge in [-0.2, -0.15) is 0 Å². The van der Waals surface area contributed by atoms with Crippen molar-refractivity contribution in [2.75, 3.05) is 13.2 Å². The largest absolute Gasteiger partial charge is 0.479 e. The third kappa shape index (κ3) is 6.07. The van der Waals surface area contributed by atoms with Gasteiger partial charge in [0.05, 0.1) is 0 Å². The van der Waals surface area contributed by atoms with Crippen molar-refractivity contribution < 1.29 is 29.1 Å². The van der Waals surface area contributed by atoms with E-state index in [0.29, 0.717) is 19.4 Å². The molecule has 8 nitrogen and oxygen atoms in total. The van der Waals surface area contributed by atoms with Gasteiger partial charge in [0.25, 0.3) is 0 Å². The van der Waals surface area contributed by atoms with E-state index in [4.69, 9.17) is 14.7 Å². The zero-order valence-electron chi connectivity index (χ0n) is 18.0. The van der Waals surface area contributed by atoms with E-state index in [0.717, 1.165) is 6.42 Å². The lowest BCUT2D eigenvalue weighted by atomic mass is 9.98. The molecule has 0 spiro atoms. The fourth-order valence-electron chi connectivity index (χ4n) is 3.68. The molecule has 2 aromatic carbocycles. The Bertz CT molecular complexity index is 916. The van der Waals surface area contributed by atoms with E-state index >= 15 is 0 Å². The number of ether oxygens (including phenoxy) is 1. The van der Waals surface area contributed by atoms with Crippen molar-refractivity contribution in [3.05, 3.63) is 59.7 Å². The van der Waals surface area contributed by atoms with Crippen molar-refractivity contribution in [1.82, 2.24) is 10.8 Å². The molecule has 0 saturated carbocycles. The monoisotopic (exact) mass is 440 g/mol. The van der Waals surface area contributed by atoms with E-state index in [9.17, 15) is 14.4 Å². The topological polar surface area (TPSA) is 114 Å². The van der Waals surface area contributed by atoms with Gasteiger partial charge in [0.15, 0.2) is 6.10 Å². The first-order valence-electron chi connectivity index (χ1n) is 10.7. The minimum Gasteiger partial charge on any atom is -0.479 e. The van der Waals surface area contributed by atoms with E-state index in [1.165, 1.54) is 29.2 Å². The highest BCUT2D eigenvalue weighted by Crippen LogP contribution is 2.44. The molecule has 1 aliphatic rings. The van der Waals surface area contributed by atoms with Gasteiger partial charge in [-0.25, -0.2) is 15.1 Å². The number of unbranched alkanes of at least 4 members (excludes halogenated alkanes) is 2. The first kappa shape index (κ1) is 23.3. The minimum absolute atomic E-state index is 0.0257. The number of benzene rings is 2. The SMILES string of the molecule is CC(ONC(=O)CCCCCNC(=O)OCC1c2ccccc2-c2ccccc21)C(=O)O. The van der Waals surface area contributed by atoms with Gasteiger partial charge in [-0.3, -0.25) is 9.63 Å². The minimum atomic E-state index is -1.15. The van der Waals surface area contributed by atoms with Gasteiger partial charge in [0.1, 0.15) is 6.61 Å². The Balaban J connectivity index is 1.32. The van der Waals surface area contributed by atoms with Crippen LogP contribution in [-0.4, -0.2) is 42.3 Å². The summed E-state index contributed by atoms with van der Waals surface area (Å²) in [6.07, 6.45) is 0.691. The van der Waals surface area contributed by atoms with Crippen LogP contribution < -0.4 is 10.8 Å². The van der Waals surface area contributed by atoms with Crippen molar-refractivity contribution in [3.63, 3.8) is 0 Å². The number of alkyl carbamates (subject to hydrolysis) is 1. The van der Waals surface area contributed by atoms with Crippen LogP contribution in [0.4, 0.5) is 4.79 Å². The summed E-state index contributed by atoms with van der Waals surface area (Å²) in [5.74, 6) is -1.50. The maximum absolute atomic E-state index is 12.1. The number of hydrogen-bond acceptors (Lipinski definition) is 5. The molecule has 1 atom stereocenters. The second-order valence-electron chi connectivity index (χ2n) is 7.69. The third-order valence-corrected chi connectivity index (χ3v) is 5.39. The second-order valence-corrected chi connectivity index (χ2v) is 7.69. The Labute approximate surface area is 186 Å². The number of nitrogens with one attached hydrogen (secondary N) is 2. The number of aliphatic carboxylic acids is 1. The molecule has 2 aromatic rings. The van der Waals surface area contributed by atoms with Crippen LogP contribution in [-0.2, 0) is 19.2 Å². The Hall–Kier alpha value is -3.39. The summed E-state index contributed by atoms with van der Waals surface area (Å²) in [6, 6.07) is 16.3. The Kier molecular flexibility index (Phi) is 8.21. The van der Waals surface area contributed by atoms with E-state index in [-0.39, 0.29) is 24.9 Å². The van der Waals surface area contributed by atoms with Crippen molar-refractivity contribution in [1.29, 1.82) is 0 Å². The Morgan fingerprint density at radius 2 is 1.59 bits per heavy atom. The van der Waals surface area contributed by atoms with Crippen LogP contribution in [0.2, 0.25) is 0 Å². The number of rotatable bonds is 11. The van der Waals surface area contributed by atoms with Crippen LogP contribution in [0.1, 0.15) is 49.7 Å². The molecule has 0 heterocycles. The molecule has 3 rings (SSSR count). The van der Waals surface area contributed by atoms with Crippen LogP contribution in [0, 0.1) is 0 Å². The van der Waals surface area contributed by atoms with Gasteiger partial charge in [0, 0.05) is 18.9 Å². The summed E-state index contributed by atoms with van der Waals surface area (Å²) in [5, 5.41) is 11.4. The molecule has 8 heteroatoms. The average Bonchev–Trinajstić information content (AvgIpc) is 3.12. The highest BCUT2D eigenvalue weighted by molar-refractivity contribution is 5.79. The normalized spacial score (nSPS) is 13.0. The average molecular weight is 440 g/mol. The maximum atomic E-state index is 12.1. The number of carboxylic acids is 1. The molecule has 2 amide bonds. The molecule has 32 heavy (non-hydrogen) atoms. The molecular weight excluding hydrogens is 412 g/mol. The molecular formula is C24H28N2O6. The van der Waals surface area contributed by atoms with Crippen molar-refractivity contribution in [3.8, 4) is 11.1 Å². The molecule has 0 fully saturated rings. The van der Waals surface area contributed by atoms with Crippen molar-refractivity contribution in [2.24, 2.45) is 0 Å². The van der Waals surface area contributed by atoms with E-state index < -0.39 is 18.2 Å². The van der Waals surface area contributed by atoms with Gasteiger partial charge >= 0.3 is 12.1 Å². The molecule has 1 unspecified atom stereocenters. The zero-order valence-corrected chi connectivity index (χ0v) is 18.0. The number of carbonyl (C=O) groups is 3. The fourth-order valence-corrected chi connectivity index (χ4v) is 3.68. The zero-order chi connectivity index (χ0) is 22.9. The number of hydroxylamine groups is 1. The van der Waals surface area contributed by atoms with Crippen LogP contribution in [0.3, 0.4) is 0 Å². The van der Waals surface area contributed by atoms with Gasteiger partial charge in [-0.1, -0.05) is 55.0 Å². The number of carboxylic acid groups (broad SMARTS) is 1. The first-order chi connectivity index (χ1) is 15.5. The van der Waals surface area contributed by atoms with Crippen molar-refractivity contribution in [2.45, 2.75) is 44.6 Å². The second kappa shape index (κ2) is 11.3. The summed E-state index contributed by atoms with van der Waals surface area (Å²) in [7, 11) is 0. The van der Waals surface area contributed by atoms with E-state index in [2.05, 4.69) is 35.1 Å². The molecule has 1 aliphatic carbocycles. The van der Waals surface area contributed by atoms with Gasteiger partial charge in [-0.15, -0.1) is 0 Å². The van der Waals surface area contributed by atoms with Crippen LogP contribution in [0.5, 0.6) is 0 Å². The van der Waals surface area contributed by atoms with Crippen LogP contribution in [0.25, 0.3) is 11.1 Å². The Morgan fingerprint density at radius 3 is 2.22 bits per heavy atom. The van der Waals surface area contributed by atoms with Crippen molar-refractivity contribution >= 4 is 18.0 Å². The van der Waals surface area contributed by atoms with Crippen LogP contribution in [0.15, 0.2) is 48.5 Å². The predicted molar refractivity (Wildman–Crippen MR) is 118 cm³/mol. The highest BCUT2D eigenvalue weighted by atomic mass is 16.7. The van der Waals surface area contributed by atoms with Gasteiger partial charge in [-0.05, 0) is 42.0 Å². The summed E-state index contributed by atoms with van der Waals surface area (Å²) >= 11 is 0. The first-order valence-corrected chi connectivity index (χ1v) is 10.7. The van der Waals surface area contributed by atoms with Gasteiger partial charge in [0.2, 0.25) is 5.91 Å². The molecule has 0 saturated heterocycles. The summed E-state index contributed by atoms with van der Waals surface area (Å²) in [4.78, 5) is 39.0. The van der Waals surface area contributed by atoms with E-state index in [1.807, 2.05) is 24.3 Å². The third-order valence-electron chi connectivity index (χ3n) is 5.39. The molecule has 0 aromatic heterocycles. The molecule has 0 aliphatic heterocycles. The van der Waals surface area contributed by atoms with E-state index in [1.54, 1.807) is 0 Å². The maximum Gasteiger partial charge on any atom is 0.407 e. The smallest absolute Gasteiger partial charge is 0.407 e. The quantitative estimate of drug-likeness (QED) is 0.363. The lowest BCUT2D eigenvalue weighted by Crippen LogP contribution is -2.32. The fraction of sp³-hybridized carbons (Fsp3) is 0.375. The summed E-state index contributed by atoms with van der Waals surface area (Å²) in [6.45, 7) is 2.05. The number of carbonyl (C=O) groups excluding carboxylic acids is 2. The summed E-state index contributed by atoms with van der Waals surface area (Å²) in [5.41, 5.74) is 6.83.